The summed E-state index contributed by atoms with van der Waals surface area (Å²) in [5.41, 5.74) is 8.20. The molecule has 2 heterocycles. The molecule has 108 valence electrons. The van der Waals surface area contributed by atoms with Crippen molar-refractivity contribution in [3.63, 3.8) is 0 Å². The van der Waals surface area contributed by atoms with Crippen LogP contribution in [-0.2, 0) is 13.5 Å². The lowest BCUT2D eigenvalue weighted by Gasteiger charge is -2.32. The summed E-state index contributed by atoms with van der Waals surface area (Å²) in [5, 5.41) is 4.56. The molecule has 1 fully saturated rings. The number of aryl methyl sites for hydroxylation is 2. The average Bonchev–Trinajstić information content (AvgIpc) is 2.56. The third-order valence-corrected chi connectivity index (χ3v) is 4.11. The van der Waals surface area contributed by atoms with E-state index in [4.69, 9.17) is 5.73 Å². The van der Waals surface area contributed by atoms with Crippen molar-refractivity contribution >= 4 is 11.5 Å². The quantitative estimate of drug-likeness (QED) is 0.899. The average molecular weight is 265 g/mol. The van der Waals surface area contributed by atoms with Gasteiger partial charge in [0.05, 0.1) is 11.4 Å². The molecule has 0 saturated carbocycles. The van der Waals surface area contributed by atoms with Crippen LogP contribution < -0.4 is 10.6 Å². The zero-order chi connectivity index (χ0) is 14.0. The maximum Gasteiger partial charge on any atom is 0.150 e. The first-order chi connectivity index (χ1) is 9.08. The van der Waals surface area contributed by atoms with Crippen LogP contribution in [0.1, 0.15) is 32.4 Å². The lowest BCUT2D eigenvalue weighted by atomic mass is 10.1. The Bertz CT molecular complexity index is 426. The van der Waals surface area contributed by atoms with E-state index >= 15 is 0 Å². The van der Waals surface area contributed by atoms with Gasteiger partial charge < -0.3 is 15.5 Å². The van der Waals surface area contributed by atoms with Crippen LogP contribution in [-0.4, -0.2) is 47.4 Å². The molecule has 1 unspecified atom stereocenters. The largest absolute Gasteiger partial charge is 0.394 e. The van der Waals surface area contributed by atoms with Crippen molar-refractivity contribution in [2.45, 2.75) is 39.2 Å². The number of nitrogens with two attached hydrogens (primary N) is 1. The summed E-state index contributed by atoms with van der Waals surface area (Å²) in [7, 11) is 4.21. The molecule has 5 heteroatoms. The summed E-state index contributed by atoms with van der Waals surface area (Å²) in [4.78, 5) is 4.88. The molecule has 1 aliphatic heterocycles. The molecule has 5 nitrogen and oxygen atoms in total. The van der Waals surface area contributed by atoms with Crippen molar-refractivity contribution in [1.29, 1.82) is 0 Å². The number of nitrogens with zero attached hydrogens (tertiary/aromatic N) is 4. The van der Waals surface area contributed by atoms with E-state index in [1.807, 2.05) is 11.7 Å². The van der Waals surface area contributed by atoms with Gasteiger partial charge in [-0.25, -0.2) is 0 Å². The zero-order valence-electron chi connectivity index (χ0n) is 12.7. The molecule has 1 aliphatic rings. The summed E-state index contributed by atoms with van der Waals surface area (Å²) in [6, 6.07) is 0.523. The third kappa shape index (κ3) is 2.71. The highest BCUT2D eigenvalue weighted by molar-refractivity contribution is 5.67. The molecule has 0 spiro atoms. The SMILES string of the molecule is CCc1nn(C)c(N2CCCN(C)CC2CC)c1N. The van der Waals surface area contributed by atoms with Crippen LogP contribution in [0.5, 0.6) is 0 Å². The van der Waals surface area contributed by atoms with Gasteiger partial charge in [0, 0.05) is 26.2 Å². The molecule has 1 aromatic heterocycles. The maximum absolute atomic E-state index is 6.31. The smallest absolute Gasteiger partial charge is 0.150 e. The highest BCUT2D eigenvalue weighted by Crippen LogP contribution is 2.30. The Morgan fingerprint density at radius 3 is 2.58 bits per heavy atom. The summed E-state index contributed by atoms with van der Waals surface area (Å²) in [6.45, 7) is 7.68. The molecule has 0 bridgehead atoms. The lowest BCUT2D eigenvalue weighted by Crippen LogP contribution is -2.41. The topological polar surface area (TPSA) is 50.3 Å². The van der Waals surface area contributed by atoms with Crippen LogP contribution in [0.4, 0.5) is 11.5 Å². The molecule has 1 aromatic rings. The minimum absolute atomic E-state index is 0.523. The monoisotopic (exact) mass is 265 g/mol. The first-order valence-electron chi connectivity index (χ1n) is 7.35. The molecule has 2 N–H and O–H groups in total. The minimum atomic E-state index is 0.523. The molecule has 2 rings (SSSR count). The maximum atomic E-state index is 6.31. The molecule has 0 aromatic carbocycles. The highest BCUT2D eigenvalue weighted by Gasteiger charge is 2.27. The van der Waals surface area contributed by atoms with E-state index in [9.17, 15) is 0 Å². The van der Waals surface area contributed by atoms with Crippen molar-refractivity contribution in [3.8, 4) is 0 Å². The number of anilines is 2. The Hall–Kier alpha value is -1.23. The van der Waals surface area contributed by atoms with E-state index in [-0.39, 0.29) is 0 Å². The number of nitrogen functional groups attached to an aromatic ring is 1. The van der Waals surface area contributed by atoms with E-state index in [0.717, 1.165) is 49.7 Å². The molecular formula is C14H27N5. The van der Waals surface area contributed by atoms with Gasteiger partial charge in [-0.15, -0.1) is 0 Å². The fraction of sp³-hybridized carbons (Fsp3) is 0.786. The van der Waals surface area contributed by atoms with Crippen molar-refractivity contribution in [1.82, 2.24) is 14.7 Å². The van der Waals surface area contributed by atoms with Gasteiger partial charge in [0.25, 0.3) is 0 Å². The van der Waals surface area contributed by atoms with Crippen LogP contribution in [0.25, 0.3) is 0 Å². The van der Waals surface area contributed by atoms with E-state index < -0.39 is 0 Å². The molecule has 0 amide bonds. The number of hydrogen-bond donors (Lipinski definition) is 1. The molecular weight excluding hydrogens is 238 g/mol. The summed E-state index contributed by atoms with van der Waals surface area (Å²) < 4.78 is 1.96. The second kappa shape index (κ2) is 5.82. The van der Waals surface area contributed by atoms with Crippen molar-refractivity contribution in [2.75, 3.05) is 37.3 Å². The predicted molar refractivity (Wildman–Crippen MR) is 80.5 cm³/mol. The molecule has 1 atom stereocenters. The van der Waals surface area contributed by atoms with Gasteiger partial charge in [0.2, 0.25) is 0 Å². The lowest BCUT2D eigenvalue weighted by molar-refractivity contribution is 0.327. The highest BCUT2D eigenvalue weighted by atomic mass is 15.4. The standard InChI is InChI=1S/C14H27N5/c1-5-11-10-17(3)8-7-9-19(11)14-13(15)12(6-2)16-18(14)4/h11H,5-10,15H2,1-4H3. The van der Waals surface area contributed by atoms with Crippen LogP contribution in [0, 0.1) is 0 Å². The third-order valence-electron chi connectivity index (χ3n) is 4.11. The van der Waals surface area contributed by atoms with Crippen molar-refractivity contribution in [3.05, 3.63) is 5.69 Å². The van der Waals surface area contributed by atoms with E-state index in [0.29, 0.717) is 6.04 Å². The molecule has 0 aliphatic carbocycles. The van der Waals surface area contributed by atoms with Gasteiger partial charge in [-0.1, -0.05) is 13.8 Å². The van der Waals surface area contributed by atoms with Gasteiger partial charge in [-0.3, -0.25) is 4.68 Å². The van der Waals surface area contributed by atoms with Crippen LogP contribution in [0.2, 0.25) is 0 Å². The minimum Gasteiger partial charge on any atom is -0.394 e. The normalized spacial score (nSPS) is 21.7. The van der Waals surface area contributed by atoms with Crippen LogP contribution in [0.15, 0.2) is 0 Å². The summed E-state index contributed by atoms with van der Waals surface area (Å²) in [5.74, 6) is 1.11. The Balaban J connectivity index is 2.35. The second-order valence-corrected chi connectivity index (χ2v) is 5.53. The fourth-order valence-corrected chi connectivity index (χ4v) is 3.06. The molecule has 1 saturated heterocycles. The van der Waals surface area contributed by atoms with Gasteiger partial charge in [0.15, 0.2) is 5.82 Å². The van der Waals surface area contributed by atoms with E-state index in [2.05, 4.69) is 35.8 Å². The number of rotatable bonds is 3. The van der Waals surface area contributed by atoms with Gasteiger partial charge in [-0.2, -0.15) is 5.10 Å². The predicted octanol–water partition coefficient (Wildman–Crippen LogP) is 1.49. The first kappa shape index (κ1) is 14.2. The number of likely N-dealkylation sites (N-methyl/N-ethyl adjacent to an activating group) is 1. The zero-order valence-corrected chi connectivity index (χ0v) is 12.7. The Morgan fingerprint density at radius 1 is 1.26 bits per heavy atom. The number of hydrogen-bond acceptors (Lipinski definition) is 4. The molecule has 0 radical (unpaired) electrons. The Labute approximate surface area is 116 Å². The van der Waals surface area contributed by atoms with Crippen molar-refractivity contribution in [2.24, 2.45) is 7.05 Å². The second-order valence-electron chi connectivity index (χ2n) is 5.53. The first-order valence-corrected chi connectivity index (χ1v) is 7.35. The van der Waals surface area contributed by atoms with Crippen LogP contribution >= 0.6 is 0 Å². The number of aromatic nitrogens is 2. The molecule has 19 heavy (non-hydrogen) atoms. The van der Waals surface area contributed by atoms with E-state index in [1.54, 1.807) is 0 Å². The fourth-order valence-electron chi connectivity index (χ4n) is 3.06. The van der Waals surface area contributed by atoms with E-state index in [1.165, 1.54) is 6.42 Å². The van der Waals surface area contributed by atoms with Gasteiger partial charge in [0.1, 0.15) is 0 Å². The Kier molecular flexibility index (Phi) is 4.34. The van der Waals surface area contributed by atoms with Gasteiger partial charge >= 0.3 is 0 Å². The summed E-state index contributed by atoms with van der Waals surface area (Å²) >= 11 is 0. The van der Waals surface area contributed by atoms with Gasteiger partial charge in [-0.05, 0) is 32.9 Å². The van der Waals surface area contributed by atoms with Crippen molar-refractivity contribution < 1.29 is 0 Å². The Morgan fingerprint density at radius 2 is 2.00 bits per heavy atom. The van der Waals surface area contributed by atoms with Crippen LogP contribution in [0.3, 0.4) is 0 Å². The summed E-state index contributed by atoms with van der Waals surface area (Å²) in [6.07, 6.45) is 3.21.